The smallest absolute Gasteiger partial charge is 0.314 e. The first-order valence-corrected chi connectivity index (χ1v) is 4.95. The van der Waals surface area contributed by atoms with E-state index >= 15 is 0 Å². The fourth-order valence-corrected chi connectivity index (χ4v) is 1.12. The maximum atomic E-state index is 11.1. The zero-order chi connectivity index (χ0) is 10.2. The van der Waals surface area contributed by atoms with E-state index in [9.17, 15) is 4.79 Å². The van der Waals surface area contributed by atoms with E-state index < -0.39 is 0 Å². The summed E-state index contributed by atoms with van der Waals surface area (Å²) in [5, 5.41) is 5.54. The van der Waals surface area contributed by atoms with Crippen LogP contribution in [-0.2, 0) is 6.54 Å². The molecule has 0 saturated heterocycles. The molecule has 0 atom stereocenters. The molecule has 78 valence electrons. The Kier molecular flexibility index (Phi) is 4.61. The van der Waals surface area contributed by atoms with Gasteiger partial charge in [0, 0.05) is 32.0 Å². The van der Waals surface area contributed by atoms with Crippen LogP contribution >= 0.6 is 0 Å². The van der Waals surface area contributed by atoms with Crippen LogP contribution in [0.1, 0.15) is 13.3 Å². The van der Waals surface area contributed by atoms with Crippen LogP contribution in [0.5, 0.6) is 0 Å². The van der Waals surface area contributed by atoms with Crippen molar-refractivity contribution >= 4 is 6.03 Å². The normalized spacial score (nSPS) is 9.79. The zero-order valence-corrected chi connectivity index (χ0v) is 8.49. The van der Waals surface area contributed by atoms with E-state index in [0.717, 1.165) is 19.5 Å². The van der Waals surface area contributed by atoms with E-state index in [2.05, 4.69) is 10.6 Å². The molecule has 0 fully saturated rings. The van der Waals surface area contributed by atoms with Crippen molar-refractivity contribution in [3.63, 3.8) is 0 Å². The van der Waals surface area contributed by atoms with Crippen molar-refractivity contribution in [3.05, 3.63) is 24.5 Å². The Labute approximate surface area is 84.3 Å². The number of nitrogens with one attached hydrogen (secondary N) is 2. The molecule has 2 N–H and O–H groups in total. The summed E-state index contributed by atoms with van der Waals surface area (Å²) in [5.41, 5.74) is 0. The molecule has 0 bridgehead atoms. The van der Waals surface area contributed by atoms with E-state index in [1.54, 1.807) is 0 Å². The summed E-state index contributed by atoms with van der Waals surface area (Å²) in [7, 11) is 0. The average molecular weight is 195 g/mol. The van der Waals surface area contributed by atoms with Crippen molar-refractivity contribution in [2.75, 3.05) is 13.1 Å². The molecule has 4 nitrogen and oxygen atoms in total. The summed E-state index contributed by atoms with van der Waals surface area (Å²) in [5.74, 6) is 0. The molecule has 0 aromatic carbocycles. The highest BCUT2D eigenvalue weighted by Crippen LogP contribution is 1.87. The van der Waals surface area contributed by atoms with Gasteiger partial charge in [-0.15, -0.1) is 0 Å². The maximum absolute atomic E-state index is 11.1. The molecule has 0 aliphatic rings. The van der Waals surface area contributed by atoms with Crippen molar-refractivity contribution in [2.45, 2.75) is 19.9 Å². The molecule has 0 radical (unpaired) electrons. The van der Waals surface area contributed by atoms with Crippen molar-refractivity contribution < 1.29 is 4.79 Å². The molecule has 0 spiro atoms. The third-order valence-corrected chi connectivity index (χ3v) is 1.86. The second-order valence-electron chi connectivity index (χ2n) is 3.10. The van der Waals surface area contributed by atoms with E-state index in [-0.39, 0.29) is 6.03 Å². The van der Waals surface area contributed by atoms with Crippen molar-refractivity contribution in [1.29, 1.82) is 0 Å². The van der Waals surface area contributed by atoms with Gasteiger partial charge in [-0.05, 0) is 18.6 Å². The molecule has 0 unspecified atom stereocenters. The molecule has 1 heterocycles. The third-order valence-electron chi connectivity index (χ3n) is 1.86. The first kappa shape index (κ1) is 10.6. The number of hydrogen-bond acceptors (Lipinski definition) is 1. The summed E-state index contributed by atoms with van der Waals surface area (Å²) in [6.07, 6.45) is 4.92. The Hall–Kier alpha value is -1.45. The van der Waals surface area contributed by atoms with E-state index in [1.165, 1.54) is 0 Å². The summed E-state index contributed by atoms with van der Waals surface area (Å²) < 4.78 is 2.03. The van der Waals surface area contributed by atoms with Crippen LogP contribution in [0, 0.1) is 0 Å². The third kappa shape index (κ3) is 3.98. The summed E-state index contributed by atoms with van der Waals surface area (Å²) in [6.45, 7) is 4.23. The molecule has 0 aliphatic carbocycles. The van der Waals surface area contributed by atoms with Gasteiger partial charge < -0.3 is 15.2 Å². The molecule has 0 saturated carbocycles. The molecular weight excluding hydrogens is 178 g/mol. The second-order valence-corrected chi connectivity index (χ2v) is 3.10. The van der Waals surface area contributed by atoms with Gasteiger partial charge in [0.2, 0.25) is 0 Å². The number of nitrogens with zero attached hydrogens (tertiary/aromatic N) is 1. The van der Waals surface area contributed by atoms with Gasteiger partial charge in [0.25, 0.3) is 0 Å². The Bertz CT molecular complexity index is 256. The predicted molar refractivity (Wildman–Crippen MR) is 56.1 cm³/mol. The predicted octanol–water partition coefficient (Wildman–Crippen LogP) is 1.20. The fourth-order valence-electron chi connectivity index (χ4n) is 1.12. The maximum Gasteiger partial charge on any atom is 0.314 e. The standard InChI is InChI=1S/C10H17N3O/c1-2-5-11-10(14)12-6-9-13-7-3-4-8-13/h3-4,7-8H,2,5-6,9H2,1H3,(H2,11,12,14). The van der Waals surface area contributed by atoms with E-state index in [4.69, 9.17) is 0 Å². The monoisotopic (exact) mass is 195 g/mol. The van der Waals surface area contributed by atoms with Crippen LogP contribution in [-0.4, -0.2) is 23.7 Å². The number of carbonyl (C=O) groups is 1. The molecular formula is C10H17N3O. The van der Waals surface area contributed by atoms with Crippen LogP contribution in [0.4, 0.5) is 4.79 Å². The number of urea groups is 1. The lowest BCUT2D eigenvalue weighted by Gasteiger charge is -2.06. The first-order valence-electron chi connectivity index (χ1n) is 4.95. The topological polar surface area (TPSA) is 46.1 Å². The Morgan fingerprint density at radius 1 is 1.21 bits per heavy atom. The van der Waals surface area contributed by atoms with Gasteiger partial charge in [0.05, 0.1) is 0 Å². The van der Waals surface area contributed by atoms with Gasteiger partial charge in [-0.1, -0.05) is 6.92 Å². The van der Waals surface area contributed by atoms with Crippen molar-refractivity contribution in [2.24, 2.45) is 0 Å². The van der Waals surface area contributed by atoms with E-state index in [0.29, 0.717) is 6.54 Å². The van der Waals surface area contributed by atoms with Gasteiger partial charge in [-0.2, -0.15) is 0 Å². The van der Waals surface area contributed by atoms with Crippen LogP contribution in [0.3, 0.4) is 0 Å². The van der Waals surface area contributed by atoms with Gasteiger partial charge in [-0.3, -0.25) is 0 Å². The molecule has 1 rings (SSSR count). The van der Waals surface area contributed by atoms with Gasteiger partial charge >= 0.3 is 6.03 Å². The summed E-state index contributed by atoms with van der Waals surface area (Å²) >= 11 is 0. The Morgan fingerprint density at radius 2 is 1.86 bits per heavy atom. The highest BCUT2D eigenvalue weighted by Gasteiger charge is 1.96. The number of aromatic nitrogens is 1. The zero-order valence-electron chi connectivity index (χ0n) is 8.49. The van der Waals surface area contributed by atoms with Gasteiger partial charge in [0.15, 0.2) is 0 Å². The molecule has 1 aromatic heterocycles. The Balaban J connectivity index is 2.06. The lowest BCUT2D eigenvalue weighted by molar-refractivity contribution is 0.240. The quantitative estimate of drug-likeness (QED) is 0.728. The molecule has 4 heteroatoms. The van der Waals surface area contributed by atoms with Crippen LogP contribution in [0.15, 0.2) is 24.5 Å². The minimum Gasteiger partial charge on any atom is -0.353 e. The average Bonchev–Trinajstić information content (AvgIpc) is 2.67. The highest BCUT2D eigenvalue weighted by molar-refractivity contribution is 5.73. The van der Waals surface area contributed by atoms with Gasteiger partial charge in [0.1, 0.15) is 0 Å². The molecule has 2 amide bonds. The number of rotatable bonds is 5. The molecule has 14 heavy (non-hydrogen) atoms. The minimum absolute atomic E-state index is 0.0843. The lowest BCUT2D eigenvalue weighted by atomic mass is 10.5. The SMILES string of the molecule is CCCNC(=O)NCCn1cccc1. The van der Waals surface area contributed by atoms with Crippen molar-refractivity contribution in [3.8, 4) is 0 Å². The Morgan fingerprint density at radius 3 is 2.50 bits per heavy atom. The largest absolute Gasteiger partial charge is 0.353 e. The summed E-state index contributed by atoms with van der Waals surface area (Å²) in [6, 6.07) is 3.85. The van der Waals surface area contributed by atoms with Crippen molar-refractivity contribution in [1.82, 2.24) is 15.2 Å². The molecule has 1 aromatic rings. The van der Waals surface area contributed by atoms with E-state index in [1.807, 2.05) is 36.0 Å². The highest BCUT2D eigenvalue weighted by atomic mass is 16.2. The van der Waals surface area contributed by atoms with Crippen LogP contribution in [0.25, 0.3) is 0 Å². The number of amides is 2. The number of hydrogen-bond donors (Lipinski definition) is 2. The van der Waals surface area contributed by atoms with Crippen LogP contribution < -0.4 is 10.6 Å². The van der Waals surface area contributed by atoms with Crippen LogP contribution in [0.2, 0.25) is 0 Å². The molecule has 0 aliphatic heterocycles. The summed E-state index contributed by atoms with van der Waals surface area (Å²) in [4.78, 5) is 11.1. The minimum atomic E-state index is -0.0843. The van der Waals surface area contributed by atoms with Gasteiger partial charge in [-0.25, -0.2) is 4.79 Å². The second kappa shape index (κ2) is 6.07. The lowest BCUT2D eigenvalue weighted by Crippen LogP contribution is -2.37. The number of carbonyl (C=O) groups excluding carboxylic acids is 1. The first-order chi connectivity index (χ1) is 6.83. The fraction of sp³-hybridized carbons (Fsp3) is 0.500.